The fourth-order valence-electron chi connectivity index (χ4n) is 2.53. The molecule has 2 amide bonds. The maximum absolute atomic E-state index is 12.5. The molecule has 0 aliphatic rings. The van der Waals surface area contributed by atoms with Gasteiger partial charge in [-0.1, -0.05) is 42.5 Å². The summed E-state index contributed by atoms with van der Waals surface area (Å²) in [4.78, 5) is 24.5. The molecule has 142 valence electrons. The van der Waals surface area contributed by atoms with Gasteiger partial charge in [0.15, 0.2) is 5.75 Å². The number of benzene rings is 3. The van der Waals surface area contributed by atoms with Crippen LogP contribution in [0.25, 0.3) is 0 Å². The minimum Gasteiger partial charge on any atom is -0.462 e. The molecule has 0 saturated carbocycles. The molecule has 28 heavy (non-hydrogen) atoms. The molecule has 0 spiro atoms. The largest absolute Gasteiger partial charge is 0.462 e. The highest BCUT2D eigenvalue weighted by Gasteiger charge is 2.15. The van der Waals surface area contributed by atoms with Crippen LogP contribution in [-0.4, -0.2) is 18.6 Å². The van der Waals surface area contributed by atoms with Crippen molar-refractivity contribution in [2.75, 3.05) is 17.2 Å². The number of hydrogen-bond acceptors (Lipinski definition) is 4. The molecule has 0 aliphatic carbocycles. The van der Waals surface area contributed by atoms with E-state index in [1.807, 2.05) is 36.4 Å². The Morgan fingerprint density at radius 2 is 1.39 bits per heavy atom. The van der Waals surface area contributed by atoms with Crippen molar-refractivity contribution < 1.29 is 19.1 Å². The van der Waals surface area contributed by atoms with Crippen LogP contribution < -0.4 is 15.4 Å². The van der Waals surface area contributed by atoms with Crippen LogP contribution in [0.4, 0.5) is 16.2 Å². The number of nitrogens with one attached hydrogen (secondary N) is 2. The molecule has 0 saturated heterocycles. The third-order valence-corrected chi connectivity index (χ3v) is 3.78. The van der Waals surface area contributed by atoms with Gasteiger partial charge in [0, 0.05) is 0 Å². The zero-order valence-corrected chi connectivity index (χ0v) is 15.3. The summed E-state index contributed by atoms with van der Waals surface area (Å²) >= 11 is 0. The van der Waals surface area contributed by atoms with Gasteiger partial charge in [-0.3, -0.25) is 0 Å². The van der Waals surface area contributed by atoms with Gasteiger partial charge in [-0.15, -0.1) is 0 Å². The Bertz CT molecular complexity index is 958. The van der Waals surface area contributed by atoms with Gasteiger partial charge >= 0.3 is 12.0 Å². The average Bonchev–Trinajstić information content (AvgIpc) is 2.71. The minimum atomic E-state index is -0.499. The summed E-state index contributed by atoms with van der Waals surface area (Å²) in [6.45, 7) is 1.98. The number of carbonyl (C=O) groups is 2. The molecule has 0 atom stereocenters. The molecule has 6 nitrogen and oxygen atoms in total. The van der Waals surface area contributed by atoms with E-state index in [0.717, 1.165) is 0 Å². The first-order chi connectivity index (χ1) is 13.7. The van der Waals surface area contributed by atoms with Crippen LogP contribution in [0.5, 0.6) is 11.5 Å². The van der Waals surface area contributed by atoms with E-state index >= 15 is 0 Å². The van der Waals surface area contributed by atoms with Gasteiger partial charge in [0.25, 0.3) is 0 Å². The van der Waals surface area contributed by atoms with E-state index in [9.17, 15) is 9.59 Å². The quantitative estimate of drug-likeness (QED) is 0.572. The number of anilines is 2. The van der Waals surface area contributed by atoms with E-state index in [2.05, 4.69) is 10.6 Å². The highest BCUT2D eigenvalue weighted by Crippen LogP contribution is 2.29. The second kappa shape index (κ2) is 9.23. The van der Waals surface area contributed by atoms with Gasteiger partial charge in [-0.05, 0) is 43.3 Å². The van der Waals surface area contributed by atoms with Crippen LogP contribution in [0.15, 0.2) is 78.9 Å². The van der Waals surface area contributed by atoms with Crippen LogP contribution in [0, 0.1) is 0 Å². The van der Waals surface area contributed by atoms with Crippen molar-refractivity contribution in [3.8, 4) is 11.5 Å². The molecule has 0 radical (unpaired) electrons. The predicted molar refractivity (Wildman–Crippen MR) is 108 cm³/mol. The molecule has 2 N–H and O–H groups in total. The first-order valence-corrected chi connectivity index (χ1v) is 8.83. The Labute approximate surface area is 163 Å². The highest BCUT2D eigenvalue weighted by molar-refractivity contribution is 6.05. The number of esters is 1. The summed E-state index contributed by atoms with van der Waals surface area (Å²) in [5.74, 6) is 0.665. The van der Waals surface area contributed by atoms with Crippen molar-refractivity contribution >= 4 is 23.4 Å². The van der Waals surface area contributed by atoms with Crippen molar-refractivity contribution in [2.24, 2.45) is 0 Å². The molecular weight excluding hydrogens is 356 g/mol. The van der Waals surface area contributed by atoms with E-state index < -0.39 is 12.0 Å². The van der Waals surface area contributed by atoms with Crippen LogP contribution in [0.3, 0.4) is 0 Å². The molecule has 0 fully saturated rings. The zero-order valence-electron chi connectivity index (χ0n) is 15.3. The Hall–Kier alpha value is -3.80. The molecule has 0 unspecified atom stereocenters. The SMILES string of the molecule is CCOC(=O)c1ccccc1NC(=O)Nc1ccccc1Oc1ccccc1. The van der Waals surface area contributed by atoms with Gasteiger partial charge in [0.05, 0.1) is 23.5 Å². The molecule has 0 heterocycles. The average molecular weight is 376 g/mol. The molecule has 0 bridgehead atoms. The van der Waals surface area contributed by atoms with Gasteiger partial charge in [0.1, 0.15) is 5.75 Å². The summed E-state index contributed by atoms with van der Waals surface area (Å²) < 4.78 is 10.9. The van der Waals surface area contributed by atoms with Gasteiger partial charge in [-0.25, -0.2) is 9.59 Å². The maximum Gasteiger partial charge on any atom is 0.340 e. The molecule has 0 aliphatic heterocycles. The molecule has 3 aromatic carbocycles. The van der Waals surface area contributed by atoms with E-state index in [4.69, 9.17) is 9.47 Å². The van der Waals surface area contributed by atoms with E-state index in [1.54, 1.807) is 49.4 Å². The number of ether oxygens (including phenoxy) is 2. The Kier molecular flexibility index (Phi) is 6.25. The lowest BCUT2D eigenvalue weighted by Gasteiger charge is -2.14. The lowest BCUT2D eigenvalue weighted by atomic mass is 10.2. The maximum atomic E-state index is 12.5. The zero-order chi connectivity index (χ0) is 19.8. The third-order valence-electron chi connectivity index (χ3n) is 3.78. The van der Waals surface area contributed by atoms with E-state index in [0.29, 0.717) is 22.9 Å². The second-order valence-corrected chi connectivity index (χ2v) is 5.76. The summed E-state index contributed by atoms with van der Waals surface area (Å²) in [7, 11) is 0. The van der Waals surface area contributed by atoms with E-state index in [1.165, 1.54) is 0 Å². The molecule has 3 rings (SSSR count). The molecule has 6 heteroatoms. The summed E-state index contributed by atoms with van der Waals surface area (Å²) in [5.41, 5.74) is 1.14. The van der Waals surface area contributed by atoms with Crippen molar-refractivity contribution in [1.29, 1.82) is 0 Å². The number of rotatable bonds is 6. The number of hydrogen-bond donors (Lipinski definition) is 2. The van der Waals surface area contributed by atoms with Gasteiger partial charge in [0.2, 0.25) is 0 Å². The normalized spacial score (nSPS) is 10.0. The van der Waals surface area contributed by atoms with Crippen molar-refractivity contribution in [3.05, 3.63) is 84.4 Å². The monoisotopic (exact) mass is 376 g/mol. The van der Waals surface area contributed by atoms with Crippen molar-refractivity contribution in [1.82, 2.24) is 0 Å². The molecular formula is C22H20N2O4. The smallest absolute Gasteiger partial charge is 0.340 e. The Morgan fingerprint density at radius 1 is 0.786 bits per heavy atom. The number of carbonyl (C=O) groups excluding carboxylic acids is 2. The van der Waals surface area contributed by atoms with Crippen LogP contribution >= 0.6 is 0 Å². The Morgan fingerprint density at radius 3 is 2.14 bits per heavy atom. The fraction of sp³-hybridized carbons (Fsp3) is 0.0909. The minimum absolute atomic E-state index is 0.254. The van der Waals surface area contributed by atoms with Crippen molar-refractivity contribution in [2.45, 2.75) is 6.92 Å². The molecule has 0 aromatic heterocycles. The van der Waals surface area contributed by atoms with Crippen LogP contribution in [0.2, 0.25) is 0 Å². The Balaban J connectivity index is 1.74. The lowest BCUT2D eigenvalue weighted by molar-refractivity contribution is 0.0527. The summed E-state index contributed by atoms with van der Waals surface area (Å²) in [6, 6.07) is 22.5. The molecule has 3 aromatic rings. The lowest BCUT2D eigenvalue weighted by Crippen LogP contribution is -2.21. The first kappa shape index (κ1) is 19.0. The van der Waals surface area contributed by atoms with Crippen LogP contribution in [0.1, 0.15) is 17.3 Å². The van der Waals surface area contributed by atoms with Gasteiger partial charge < -0.3 is 20.1 Å². The van der Waals surface area contributed by atoms with Crippen LogP contribution in [-0.2, 0) is 4.74 Å². The fourth-order valence-corrected chi connectivity index (χ4v) is 2.53. The van der Waals surface area contributed by atoms with Gasteiger partial charge in [-0.2, -0.15) is 0 Å². The summed E-state index contributed by atoms with van der Waals surface area (Å²) in [5, 5.41) is 5.43. The predicted octanol–water partition coefficient (Wildman–Crippen LogP) is 5.30. The third kappa shape index (κ3) is 4.88. The number of amides is 2. The number of para-hydroxylation sites is 4. The topological polar surface area (TPSA) is 76.7 Å². The second-order valence-electron chi connectivity index (χ2n) is 5.76. The standard InChI is InChI=1S/C22H20N2O4/c1-2-27-21(25)17-12-6-7-13-18(17)23-22(26)24-19-14-8-9-15-20(19)28-16-10-4-3-5-11-16/h3-15H,2H2,1H3,(H2,23,24,26). The van der Waals surface area contributed by atoms with Crippen molar-refractivity contribution in [3.63, 3.8) is 0 Å². The van der Waals surface area contributed by atoms with E-state index in [-0.39, 0.29) is 12.2 Å². The first-order valence-electron chi connectivity index (χ1n) is 8.83. The highest BCUT2D eigenvalue weighted by atomic mass is 16.5. The number of urea groups is 1. The summed E-state index contributed by atoms with van der Waals surface area (Å²) in [6.07, 6.45) is 0.